The Bertz CT molecular complexity index is 427. The highest BCUT2D eigenvalue weighted by Gasteiger charge is 2.29. The first-order valence-electron chi connectivity index (χ1n) is 5.83. The van der Waals surface area contributed by atoms with E-state index in [1.807, 2.05) is 25.8 Å². The molecule has 2 N–H and O–H groups in total. The number of anilines is 1. The van der Waals surface area contributed by atoms with Crippen molar-refractivity contribution in [3.05, 3.63) is 18.0 Å². The first-order chi connectivity index (χ1) is 7.99. The second-order valence-corrected chi connectivity index (χ2v) is 4.72. The zero-order chi connectivity index (χ0) is 12.6. The molecule has 1 fully saturated rings. The molecule has 94 valence electrons. The predicted octanol–water partition coefficient (Wildman–Crippen LogP) is 0.857. The van der Waals surface area contributed by atoms with Crippen molar-refractivity contribution in [1.82, 2.24) is 9.47 Å². The molecule has 0 bridgehead atoms. The number of carbonyl (C=O) groups excluding carboxylic acids is 1. The van der Waals surface area contributed by atoms with Crippen molar-refractivity contribution in [3.63, 3.8) is 0 Å². The number of nitrogens with two attached hydrogens (primary N) is 1. The molecular weight excluding hydrogens is 218 g/mol. The van der Waals surface area contributed by atoms with Gasteiger partial charge in [-0.25, -0.2) is 0 Å². The fraction of sp³-hybridized carbons (Fsp3) is 0.583. The zero-order valence-corrected chi connectivity index (χ0v) is 10.5. The highest BCUT2D eigenvalue weighted by atomic mass is 16.5. The minimum Gasteiger partial charge on any atom is -0.397 e. The molecule has 0 aliphatic carbocycles. The summed E-state index contributed by atoms with van der Waals surface area (Å²) >= 11 is 0. The molecule has 0 aromatic carbocycles. The number of amides is 1. The van der Waals surface area contributed by atoms with Crippen LogP contribution < -0.4 is 5.73 Å². The van der Waals surface area contributed by atoms with Gasteiger partial charge in [0, 0.05) is 19.8 Å². The minimum absolute atomic E-state index is 0.0202. The molecule has 1 aromatic rings. The van der Waals surface area contributed by atoms with Crippen LogP contribution >= 0.6 is 0 Å². The van der Waals surface area contributed by atoms with E-state index in [1.54, 1.807) is 16.8 Å². The molecule has 1 aliphatic rings. The lowest BCUT2D eigenvalue weighted by atomic mass is 10.2. The van der Waals surface area contributed by atoms with Crippen molar-refractivity contribution in [3.8, 4) is 0 Å². The lowest BCUT2D eigenvalue weighted by Crippen LogP contribution is -2.50. The number of aryl methyl sites for hydroxylation is 1. The van der Waals surface area contributed by atoms with Crippen LogP contribution in [0.25, 0.3) is 0 Å². The maximum atomic E-state index is 12.4. The number of morpholine rings is 1. The van der Waals surface area contributed by atoms with Crippen LogP contribution in [0.5, 0.6) is 0 Å². The molecule has 1 saturated heterocycles. The lowest BCUT2D eigenvalue weighted by Gasteiger charge is -2.36. The summed E-state index contributed by atoms with van der Waals surface area (Å²) in [5.41, 5.74) is 6.94. The Labute approximate surface area is 101 Å². The molecule has 17 heavy (non-hydrogen) atoms. The average Bonchev–Trinajstić information content (AvgIpc) is 2.60. The average molecular weight is 237 g/mol. The Morgan fingerprint density at radius 1 is 1.53 bits per heavy atom. The number of aromatic nitrogens is 1. The Morgan fingerprint density at radius 2 is 2.24 bits per heavy atom. The van der Waals surface area contributed by atoms with Gasteiger partial charge >= 0.3 is 0 Å². The van der Waals surface area contributed by atoms with E-state index < -0.39 is 0 Å². The van der Waals surface area contributed by atoms with Crippen molar-refractivity contribution in [1.29, 1.82) is 0 Å². The number of nitrogen functional groups attached to an aromatic ring is 1. The van der Waals surface area contributed by atoms with Crippen LogP contribution in [0, 0.1) is 0 Å². The summed E-state index contributed by atoms with van der Waals surface area (Å²) in [7, 11) is 1.83. The van der Waals surface area contributed by atoms with Crippen LogP contribution in [0.2, 0.25) is 0 Å². The van der Waals surface area contributed by atoms with Crippen LogP contribution in [0.3, 0.4) is 0 Å². The molecule has 2 atom stereocenters. The smallest absolute Gasteiger partial charge is 0.270 e. The molecule has 1 aromatic heterocycles. The Balaban J connectivity index is 2.21. The largest absolute Gasteiger partial charge is 0.397 e. The van der Waals surface area contributed by atoms with E-state index >= 15 is 0 Å². The molecule has 1 amide bonds. The van der Waals surface area contributed by atoms with Gasteiger partial charge in [0.05, 0.1) is 24.4 Å². The van der Waals surface area contributed by atoms with Crippen molar-refractivity contribution in [2.45, 2.75) is 26.0 Å². The molecule has 0 spiro atoms. The molecule has 2 rings (SSSR count). The molecule has 5 nitrogen and oxygen atoms in total. The first-order valence-corrected chi connectivity index (χ1v) is 5.83. The van der Waals surface area contributed by atoms with E-state index in [0.29, 0.717) is 24.5 Å². The van der Waals surface area contributed by atoms with Gasteiger partial charge in [-0.3, -0.25) is 4.79 Å². The van der Waals surface area contributed by atoms with Gasteiger partial charge in [-0.1, -0.05) is 0 Å². The SMILES string of the molecule is CC1CN(C(=O)c2cc(N)cn2C)C(C)CO1. The van der Waals surface area contributed by atoms with Crippen molar-refractivity contribution in [2.75, 3.05) is 18.9 Å². The zero-order valence-electron chi connectivity index (χ0n) is 10.5. The highest BCUT2D eigenvalue weighted by molar-refractivity contribution is 5.94. The first kappa shape index (κ1) is 12.0. The highest BCUT2D eigenvalue weighted by Crippen LogP contribution is 2.17. The summed E-state index contributed by atoms with van der Waals surface area (Å²) in [5.74, 6) is 0.0202. The van der Waals surface area contributed by atoms with Gasteiger partial charge in [0.15, 0.2) is 0 Å². The van der Waals surface area contributed by atoms with Gasteiger partial charge in [-0.05, 0) is 19.9 Å². The summed E-state index contributed by atoms with van der Waals surface area (Å²) < 4.78 is 7.28. The minimum atomic E-state index is 0.0202. The summed E-state index contributed by atoms with van der Waals surface area (Å²) in [6.45, 7) is 5.19. The third-order valence-corrected chi connectivity index (χ3v) is 3.11. The fourth-order valence-corrected chi connectivity index (χ4v) is 2.14. The molecule has 2 unspecified atom stereocenters. The molecule has 2 heterocycles. The van der Waals surface area contributed by atoms with E-state index in [-0.39, 0.29) is 18.1 Å². The maximum absolute atomic E-state index is 12.4. The summed E-state index contributed by atoms with van der Waals surface area (Å²) in [4.78, 5) is 14.2. The Morgan fingerprint density at radius 3 is 2.82 bits per heavy atom. The summed E-state index contributed by atoms with van der Waals surface area (Å²) in [5, 5.41) is 0. The van der Waals surface area contributed by atoms with Gasteiger partial charge in [-0.15, -0.1) is 0 Å². The standard InChI is InChI=1S/C12H19N3O2/c1-8-7-17-9(2)5-15(8)12(16)11-4-10(13)6-14(11)3/h4,6,8-9H,5,7,13H2,1-3H3. The number of ether oxygens (including phenoxy) is 1. The van der Waals surface area contributed by atoms with Crippen molar-refractivity contribution < 1.29 is 9.53 Å². The molecule has 0 saturated carbocycles. The topological polar surface area (TPSA) is 60.5 Å². The second kappa shape index (κ2) is 4.41. The van der Waals surface area contributed by atoms with Gasteiger partial charge in [0.25, 0.3) is 5.91 Å². The Hall–Kier alpha value is -1.49. The number of hydrogen-bond acceptors (Lipinski definition) is 3. The summed E-state index contributed by atoms with van der Waals surface area (Å²) in [6.07, 6.45) is 1.84. The van der Waals surface area contributed by atoms with Crippen molar-refractivity contribution in [2.24, 2.45) is 7.05 Å². The number of rotatable bonds is 1. The van der Waals surface area contributed by atoms with Crippen LogP contribution in [0.4, 0.5) is 5.69 Å². The van der Waals surface area contributed by atoms with E-state index in [9.17, 15) is 4.79 Å². The van der Waals surface area contributed by atoms with Gasteiger partial charge < -0.3 is 19.9 Å². The monoisotopic (exact) mass is 237 g/mol. The molecular formula is C12H19N3O2. The third-order valence-electron chi connectivity index (χ3n) is 3.11. The van der Waals surface area contributed by atoms with Gasteiger partial charge in [-0.2, -0.15) is 0 Å². The fourth-order valence-electron chi connectivity index (χ4n) is 2.14. The molecule has 0 radical (unpaired) electrons. The summed E-state index contributed by atoms with van der Waals surface area (Å²) in [6, 6.07) is 1.82. The van der Waals surface area contributed by atoms with Crippen molar-refractivity contribution >= 4 is 11.6 Å². The molecule has 1 aliphatic heterocycles. The third kappa shape index (κ3) is 2.29. The second-order valence-electron chi connectivity index (χ2n) is 4.72. The van der Waals surface area contributed by atoms with E-state index in [0.717, 1.165) is 0 Å². The van der Waals surface area contributed by atoms with E-state index in [1.165, 1.54) is 0 Å². The van der Waals surface area contributed by atoms with E-state index in [2.05, 4.69) is 0 Å². The van der Waals surface area contributed by atoms with E-state index in [4.69, 9.17) is 10.5 Å². The number of nitrogens with zero attached hydrogens (tertiary/aromatic N) is 2. The molecule has 5 heteroatoms. The number of carbonyl (C=O) groups is 1. The Kier molecular flexibility index (Phi) is 3.11. The van der Waals surface area contributed by atoms with Crippen LogP contribution in [-0.2, 0) is 11.8 Å². The van der Waals surface area contributed by atoms with Gasteiger partial charge in [0.1, 0.15) is 5.69 Å². The quantitative estimate of drug-likeness (QED) is 0.788. The maximum Gasteiger partial charge on any atom is 0.270 e. The van der Waals surface area contributed by atoms with Crippen LogP contribution in [0.15, 0.2) is 12.3 Å². The van der Waals surface area contributed by atoms with Crippen LogP contribution in [-0.4, -0.2) is 40.7 Å². The lowest BCUT2D eigenvalue weighted by molar-refractivity contribution is -0.0390. The van der Waals surface area contributed by atoms with Gasteiger partial charge in [0.2, 0.25) is 0 Å². The normalized spacial score (nSPS) is 25.0. The predicted molar refractivity (Wildman–Crippen MR) is 65.7 cm³/mol. The van der Waals surface area contributed by atoms with Crippen LogP contribution in [0.1, 0.15) is 24.3 Å². The number of hydrogen-bond donors (Lipinski definition) is 1.